The number of nitriles is 1. The molecule has 0 aliphatic heterocycles. The lowest BCUT2D eigenvalue weighted by Gasteiger charge is -2.23. The van der Waals surface area contributed by atoms with Gasteiger partial charge in [0, 0.05) is 12.6 Å². The fourth-order valence-corrected chi connectivity index (χ4v) is 1.62. The maximum Gasteiger partial charge on any atom is 0.101 e. The molecule has 86 valence electrons. The highest BCUT2D eigenvalue weighted by molar-refractivity contribution is 5.57. The molecule has 1 atom stereocenters. The van der Waals surface area contributed by atoms with Gasteiger partial charge in [0.15, 0.2) is 0 Å². The van der Waals surface area contributed by atoms with E-state index in [4.69, 9.17) is 10.4 Å². The highest BCUT2D eigenvalue weighted by Crippen LogP contribution is 2.18. The normalized spacial score (nSPS) is 12.2. The number of aliphatic hydroxyl groups is 1. The zero-order chi connectivity index (χ0) is 12.0. The van der Waals surface area contributed by atoms with Crippen LogP contribution >= 0.6 is 0 Å². The van der Waals surface area contributed by atoms with Crippen LogP contribution in [-0.4, -0.2) is 17.8 Å². The maximum atomic E-state index is 8.99. The molecule has 0 aromatic heterocycles. The Kier molecular flexibility index (Phi) is 4.81. The number of hydrogen-bond donors (Lipinski definition) is 2. The Hall–Kier alpha value is -1.53. The van der Waals surface area contributed by atoms with E-state index in [-0.39, 0.29) is 12.6 Å². The predicted octanol–water partition coefficient (Wildman–Crippen LogP) is 2.38. The van der Waals surface area contributed by atoms with Gasteiger partial charge in [0.25, 0.3) is 0 Å². The van der Waals surface area contributed by atoms with E-state index in [1.54, 1.807) is 6.07 Å². The van der Waals surface area contributed by atoms with Crippen molar-refractivity contribution in [1.82, 2.24) is 0 Å². The summed E-state index contributed by atoms with van der Waals surface area (Å²) in [7, 11) is 0. The third kappa shape index (κ3) is 3.25. The molecule has 1 unspecified atom stereocenters. The molecule has 0 radical (unpaired) electrons. The van der Waals surface area contributed by atoms with E-state index >= 15 is 0 Å². The van der Waals surface area contributed by atoms with Gasteiger partial charge in [0.05, 0.1) is 11.3 Å². The SMILES string of the molecule is CC(C)C(CCO)Nc1ccccc1C#N. The molecule has 0 saturated heterocycles. The van der Waals surface area contributed by atoms with Crippen molar-refractivity contribution in [2.75, 3.05) is 11.9 Å². The summed E-state index contributed by atoms with van der Waals surface area (Å²) in [6, 6.07) is 9.79. The number of hydrogen-bond acceptors (Lipinski definition) is 3. The summed E-state index contributed by atoms with van der Waals surface area (Å²) in [5.74, 6) is 0.416. The Morgan fingerprint density at radius 1 is 1.38 bits per heavy atom. The largest absolute Gasteiger partial charge is 0.396 e. The minimum absolute atomic E-state index is 0.157. The van der Waals surface area contributed by atoms with Crippen molar-refractivity contribution in [1.29, 1.82) is 5.26 Å². The molecule has 0 amide bonds. The quantitative estimate of drug-likeness (QED) is 0.797. The van der Waals surface area contributed by atoms with E-state index in [9.17, 15) is 0 Å². The van der Waals surface area contributed by atoms with Gasteiger partial charge in [-0.15, -0.1) is 0 Å². The lowest BCUT2D eigenvalue weighted by Crippen LogP contribution is -2.27. The minimum atomic E-state index is 0.157. The summed E-state index contributed by atoms with van der Waals surface area (Å²) in [5, 5.41) is 21.3. The molecular weight excluding hydrogens is 200 g/mol. The van der Waals surface area contributed by atoms with E-state index in [2.05, 4.69) is 25.2 Å². The first-order chi connectivity index (χ1) is 7.69. The molecule has 0 aliphatic carbocycles. The van der Waals surface area contributed by atoms with Crippen molar-refractivity contribution < 1.29 is 5.11 Å². The van der Waals surface area contributed by atoms with Crippen LogP contribution < -0.4 is 5.32 Å². The molecule has 1 aromatic carbocycles. The minimum Gasteiger partial charge on any atom is -0.396 e. The van der Waals surface area contributed by atoms with Gasteiger partial charge in [-0.2, -0.15) is 5.26 Å². The average Bonchev–Trinajstić information content (AvgIpc) is 2.29. The predicted molar refractivity (Wildman–Crippen MR) is 65.1 cm³/mol. The van der Waals surface area contributed by atoms with Crippen LogP contribution in [0.5, 0.6) is 0 Å². The molecule has 0 bridgehead atoms. The second-order valence-electron chi connectivity index (χ2n) is 4.16. The molecule has 1 rings (SSSR count). The van der Waals surface area contributed by atoms with Gasteiger partial charge in [0.2, 0.25) is 0 Å². The summed E-state index contributed by atoms with van der Waals surface area (Å²) in [6.07, 6.45) is 0.692. The summed E-state index contributed by atoms with van der Waals surface area (Å²) >= 11 is 0. The molecule has 0 aliphatic rings. The first kappa shape index (κ1) is 12.5. The average molecular weight is 218 g/mol. The Morgan fingerprint density at radius 3 is 2.62 bits per heavy atom. The summed E-state index contributed by atoms with van der Waals surface area (Å²) in [4.78, 5) is 0. The van der Waals surface area contributed by atoms with Crippen LogP contribution in [-0.2, 0) is 0 Å². The Balaban J connectivity index is 2.81. The lowest BCUT2D eigenvalue weighted by atomic mass is 10.0. The van der Waals surface area contributed by atoms with Gasteiger partial charge in [-0.05, 0) is 24.5 Å². The highest BCUT2D eigenvalue weighted by Gasteiger charge is 2.13. The number of nitrogens with zero attached hydrogens (tertiary/aromatic N) is 1. The molecule has 0 spiro atoms. The zero-order valence-electron chi connectivity index (χ0n) is 9.77. The number of para-hydroxylation sites is 1. The third-order valence-corrected chi connectivity index (χ3v) is 2.63. The first-order valence-corrected chi connectivity index (χ1v) is 5.55. The Morgan fingerprint density at radius 2 is 2.06 bits per heavy atom. The smallest absolute Gasteiger partial charge is 0.101 e. The lowest BCUT2D eigenvalue weighted by molar-refractivity contribution is 0.267. The van der Waals surface area contributed by atoms with Gasteiger partial charge in [-0.25, -0.2) is 0 Å². The Bertz CT molecular complexity index is 368. The zero-order valence-corrected chi connectivity index (χ0v) is 9.77. The monoisotopic (exact) mass is 218 g/mol. The van der Waals surface area contributed by atoms with Gasteiger partial charge in [-0.1, -0.05) is 26.0 Å². The third-order valence-electron chi connectivity index (χ3n) is 2.63. The van der Waals surface area contributed by atoms with Crippen LogP contribution in [0.1, 0.15) is 25.8 Å². The van der Waals surface area contributed by atoms with Crippen LogP contribution in [0.25, 0.3) is 0 Å². The van der Waals surface area contributed by atoms with Gasteiger partial charge in [-0.3, -0.25) is 0 Å². The van der Waals surface area contributed by atoms with Crippen LogP contribution in [0, 0.1) is 17.2 Å². The number of nitrogens with one attached hydrogen (secondary N) is 1. The van der Waals surface area contributed by atoms with Crippen molar-refractivity contribution >= 4 is 5.69 Å². The van der Waals surface area contributed by atoms with E-state index in [1.807, 2.05) is 18.2 Å². The molecule has 0 heterocycles. The van der Waals surface area contributed by atoms with Crippen molar-refractivity contribution in [2.45, 2.75) is 26.3 Å². The fraction of sp³-hybridized carbons (Fsp3) is 0.462. The molecule has 3 heteroatoms. The summed E-state index contributed by atoms with van der Waals surface area (Å²) in [6.45, 7) is 4.36. The van der Waals surface area contributed by atoms with Crippen molar-refractivity contribution in [3.8, 4) is 6.07 Å². The molecule has 1 aromatic rings. The van der Waals surface area contributed by atoms with Gasteiger partial charge in [0.1, 0.15) is 6.07 Å². The second-order valence-corrected chi connectivity index (χ2v) is 4.16. The fourth-order valence-electron chi connectivity index (χ4n) is 1.62. The van der Waals surface area contributed by atoms with E-state index in [0.29, 0.717) is 17.9 Å². The maximum absolute atomic E-state index is 8.99. The van der Waals surface area contributed by atoms with Crippen LogP contribution in [0.2, 0.25) is 0 Å². The molecule has 0 fully saturated rings. The molecule has 2 N–H and O–H groups in total. The first-order valence-electron chi connectivity index (χ1n) is 5.55. The van der Waals surface area contributed by atoms with Gasteiger partial charge >= 0.3 is 0 Å². The molecule has 16 heavy (non-hydrogen) atoms. The van der Waals surface area contributed by atoms with Crippen molar-refractivity contribution in [3.63, 3.8) is 0 Å². The van der Waals surface area contributed by atoms with Crippen LogP contribution in [0.3, 0.4) is 0 Å². The van der Waals surface area contributed by atoms with E-state index in [0.717, 1.165) is 5.69 Å². The summed E-state index contributed by atoms with van der Waals surface area (Å²) in [5.41, 5.74) is 1.49. The van der Waals surface area contributed by atoms with Crippen LogP contribution in [0.15, 0.2) is 24.3 Å². The number of benzene rings is 1. The van der Waals surface area contributed by atoms with E-state index < -0.39 is 0 Å². The standard InChI is InChI=1S/C13H18N2O/c1-10(2)12(7-8-16)15-13-6-4-3-5-11(13)9-14/h3-6,10,12,15-16H,7-8H2,1-2H3. The number of rotatable bonds is 5. The van der Waals surface area contributed by atoms with E-state index in [1.165, 1.54) is 0 Å². The van der Waals surface area contributed by atoms with Crippen LogP contribution in [0.4, 0.5) is 5.69 Å². The van der Waals surface area contributed by atoms with Crippen molar-refractivity contribution in [3.05, 3.63) is 29.8 Å². The van der Waals surface area contributed by atoms with Crippen molar-refractivity contribution in [2.24, 2.45) is 5.92 Å². The topological polar surface area (TPSA) is 56.0 Å². The number of anilines is 1. The van der Waals surface area contributed by atoms with Gasteiger partial charge < -0.3 is 10.4 Å². The Labute approximate surface area is 96.7 Å². The molecular formula is C13H18N2O. The highest BCUT2D eigenvalue weighted by atomic mass is 16.3. The molecule has 3 nitrogen and oxygen atoms in total. The number of aliphatic hydroxyl groups excluding tert-OH is 1. The second kappa shape index (κ2) is 6.14. The molecule has 0 saturated carbocycles. The summed E-state index contributed by atoms with van der Waals surface area (Å²) < 4.78 is 0.